The van der Waals surface area contributed by atoms with Crippen molar-refractivity contribution in [2.45, 2.75) is 18.9 Å². The lowest BCUT2D eigenvalue weighted by Crippen LogP contribution is -2.25. The molecule has 0 fully saturated rings. The number of carbonyl (C=O) groups is 1. The molecule has 1 atom stereocenters. The Hall–Kier alpha value is -1.41. The van der Waals surface area contributed by atoms with Crippen LogP contribution in [0.3, 0.4) is 0 Å². The third kappa shape index (κ3) is 3.54. The molecule has 2 nitrogen and oxygen atoms in total. The van der Waals surface area contributed by atoms with Gasteiger partial charge in [-0.3, -0.25) is 4.79 Å². The van der Waals surface area contributed by atoms with Gasteiger partial charge in [0.2, 0.25) is 0 Å². The Morgan fingerprint density at radius 1 is 1.43 bits per heavy atom. The van der Waals surface area contributed by atoms with Gasteiger partial charge >= 0.3 is 0 Å². The van der Waals surface area contributed by atoms with E-state index >= 15 is 0 Å². The van der Waals surface area contributed by atoms with Gasteiger partial charge in [-0.15, -0.1) is 0 Å². The maximum absolute atomic E-state index is 11.0. The van der Waals surface area contributed by atoms with Crippen molar-refractivity contribution < 1.29 is 4.79 Å². The number of allylic oxidation sites excluding steroid dienone is 1. The van der Waals surface area contributed by atoms with Gasteiger partial charge in [-0.1, -0.05) is 36.9 Å². The molecule has 0 amide bonds. The minimum Gasteiger partial charge on any atom is -0.327 e. The van der Waals surface area contributed by atoms with Crippen LogP contribution in [0.25, 0.3) is 0 Å². The van der Waals surface area contributed by atoms with Gasteiger partial charge in [0.15, 0.2) is 5.78 Å². The summed E-state index contributed by atoms with van der Waals surface area (Å²) in [7, 11) is 0. The molecule has 0 aliphatic carbocycles. The SMILES string of the molecule is C=CC(=O)C[C@@H](N)Cc1ccccc1. The number of ketones is 1. The number of rotatable bonds is 5. The van der Waals surface area contributed by atoms with Gasteiger partial charge < -0.3 is 5.73 Å². The van der Waals surface area contributed by atoms with Crippen LogP contribution in [0.5, 0.6) is 0 Å². The lowest BCUT2D eigenvalue weighted by atomic mass is 10.0. The molecule has 2 heteroatoms. The van der Waals surface area contributed by atoms with Crippen molar-refractivity contribution in [2.24, 2.45) is 5.73 Å². The summed E-state index contributed by atoms with van der Waals surface area (Å²) in [5, 5.41) is 0. The van der Waals surface area contributed by atoms with Crippen molar-refractivity contribution in [3.05, 3.63) is 48.6 Å². The predicted molar refractivity (Wildman–Crippen MR) is 57.9 cm³/mol. The van der Waals surface area contributed by atoms with E-state index in [2.05, 4.69) is 6.58 Å². The average molecular weight is 189 g/mol. The summed E-state index contributed by atoms with van der Waals surface area (Å²) in [5.74, 6) is 0.00781. The maximum atomic E-state index is 11.0. The predicted octanol–water partition coefficient (Wildman–Crippen LogP) is 1.70. The minimum atomic E-state index is -0.108. The molecular weight excluding hydrogens is 174 g/mol. The first-order chi connectivity index (χ1) is 6.72. The maximum Gasteiger partial charge on any atom is 0.156 e. The zero-order valence-corrected chi connectivity index (χ0v) is 8.15. The number of benzene rings is 1. The van der Waals surface area contributed by atoms with Crippen LogP contribution in [0.15, 0.2) is 43.0 Å². The highest BCUT2D eigenvalue weighted by Gasteiger charge is 2.07. The van der Waals surface area contributed by atoms with E-state index in [1.807, 2.05) is 30.3 Å². The van der Waals surface area contributed by atoms with E-state index in [9.17, 15) is 4.79 Å². The summed E-state index contributed by atoms with van der Waals surface area (Å²) in [6.45, 7) is 3.42. The van der Waals surface area contributed by atoms with E-state index in [1.165, 1.54) is 6.08 Å². The second-order valence-corrected chi connectivity index (χ2v) is 3.32. The van der Waals surface area contributed by atoms with Crippen LogP contribution in [-0.4, -0.2) is 11.8 Å². The third-order valence-electron chi connectivity index (χ3n) is 2.03. The van der Waals surface area contributed by atoms with E-state index < -0.39 is 0 Å². The molecule has 14 heavy (non-hydrogen) atoms. The normalized spacial score (nSPS) is 12.1. The quantitative estimate of drug-likeness (QED) is 0.716. The Morgan fingerprint density at radius 2 is 2.07 bits per heavy atom. The van der Waals surface area contributed by atoms with Crippen molar-refractivity contribution >= 4 is 5.78 Å². The third-order valence-corrected chi connectivity index (χ3v) is 2.03. The second-order valence-electron chi connectivity index (χ2n) is 3.32. The first-order valence-corrected chi connectivity index (χ1v) is 4.67. The Morgan fingerprint density at radius 3 is 2.64 bits per heavy atom. The molecule has 1 aromatic carbocycles. The monoisotopic (exact) mass is 189 g/mol. The molecule has 0 heterocycles. The fourth-order valence-corrected chi connectivity index (χ4v) is 1.33. The molecular formula is C12H15NO. The van der Waals surface area contributed by atoms with Crippen LogP contribution in [0.4, 0.5) is 0 Å². The molecule has 1 rings (SSSR count). The van der Waals surface area contributed by atoms with Gasteiger partial charge in [0, 0.05) is 12.5 Å². The molecule has 0 saturated carbocycles. The van der Waals surface area contributed by atoms with Gasteiger partial charge in [-0.2, -0.15) is 0 Å². The van der Waals surface area contributed by atoms with Crippen molar-refractivity contribution in [1.82, 2.24) is 0 Å². The Balaban J connectivity index is 2.45. The lowest BCUT2D eigenvalue weighted by molar-refractivity contribution is -0.114. The van der Waals surface area contributed by atoms with Crippen LogP contribution in [-0.2, 0) is 11.2 Å². The summed E-state index contributed by atoms with van der Waals surface area (Å²) in [6.07, 6.45) is 2.43. The standard InChI is InChI=1S/C12H15NO/c1-2-12(14)9-11(13)8-10-6-4-3-5-7-10/h2-7,11H,1,8-9,13H2/t11-/m0/s1. The zero-order chi connectivity index (χ0) is 10.4. The Kier molecular flexibility index (Phi) is 4.08. The molecule has 74 valence electrons. The van der Waals surface area contributed by atoms with Crippen LogP contribution >= 0.6 is 0 Å². The molecule has 2 N–H and O–H groups in total. The van der Waals surface area contributed by atoms with Gasteiger partial charge in [0.05, 0.1) is 0 Å². The largest absolute Gasteiger partial charge is 0.327 e. The van der Waals surface area contributed by atoms with Crippen molar-refractivity contribution in [3.8, 4) is 0 Å². The molecule has 0 saturated heterocycles. The van der Waals surface area contributed by atoms with Crippen LogP contribution in [0, 0.1) is 0 Å². The van der Waals surface area contributed by atoms with E-state index in [-0.39, 0.29) is 11.8 Å². The first-order valence-electron chi connectivity index (χ1n) is 4.67. The lowest BCUT2D eigenvalue weighted by Gasteiger charge is -2.08. The number of hydrogen-bond acceptors (Lipinski definition) is 2. The zero-order valence-electron chi connectivity index (χ0n) is 8.15. The highest BCUT2D eigenvalue weighted by molar-refractivity contribution is 5.89. The molecule has 0 unspecified atom stereocenters. The van der Waals surface area contributed by atoms with Crippen LogP contribution < -0.4 is 5.73 Å². The second kappa shape index (κ2) is 5.35. The van der Waals surface area contributed by atoms with E-state index in [4.69, 9.17) is 5.73 Å². The van der Waals surface area contributed by atoms with E-state index in [0.717, 1.165) is 12.0 Å². The molecule has 0 bridgehead atoms. The molecule has 0 spiro atoms. The minimum absolute atomic E-state index is 0.00781. The number of hydrogen-bond donors (Lipinski definition) is 1. The van der Waals surface area contributed by atoms with Gasteiger partial charge in [0.1, 0.15) is 0 Å². The Bertz CT molecular complexity index is 305. The van der Waals surface area contributed by atoms with Gasteiger partial charge in [0.25, 0.3) is 0 Å². The first kappa shape index (κ1) is 10.7. The van der Waals surface area contributed by atoms with Crippen LogP contribution in [0.2, 0.25) is 0 Å². The van der Waals surface area contributed by atoms with Crippen molar-refractivity contribution in [1.29, 1.82) is 0 Å². The highest BCUT2D eigenvalue weighted by Crippen LogP contribution is 2.04. The smallest absolute Gasteiger partial charge is 0.156 e. The topological polar surface area (TPSA) is 43.1 Å². The van der Waals surface area contributed by atoms with Gasteiger partial charge in [-0.05, 0) is 18.1 Å². The Labute approximate surface area is 84.4 Å². The van der Waals surface area contributed by atoms with E-state index in [1.54, 1.807) is 0 Å². The summed E-state index contributed by atoms with van der Waals surface area (Å²) in [5.41, 5.74) is 6.98. The summed E-state index contributed by atoms with van der Waals surface area (Å²) in [6, 6.07) is 9.82. The highest BCUT2D eigenvalue weighted by atomic mass is 16.1. The summed E-state index contributed by atoms with van der Waals surface area (Å²) in [4.78, 5) is 11.0. The molecule has 0 aromatic heterocycles. The van der Waals surface area contributed by atoms with Crippen molar-refractivity contribution in [2.75, 3.05) is 0 Å². The number of carbonyl (C=O) groups excluding carboxylic acids is 1. The average Bonchev–Trinajstić information content (AvgIpc) is 2.19. The molecule has 0 aliphatic rings. The van der Waals surface area contributed by atoms with E-state index in [0.29, 0.717) is 6.42 Å². The fourth-order valence-electron chi connectivity index (χ4n) is 1.33. The molecule has 0 aliphatic heterocycles. The van der Waals surface area contributed by atoms with Crippen LogP contribution in [0.1, 0.15) is 12.0 Å². The molecule has 1 aromatic rings. The fraction of sp³-hybridized carbons (Fsp3) is 0.250. The van der Waals surface area contributed by atoms with Gasteiger partial charge in [-0.25, -0.2) is 0 Å². The van der Waals surface area contributed by atoms with Crippen molar-refractivity contribution in [3.63, 3.8) is 0 Å². The summed E-state index contributed by atoms with van der Waals surface area (Å²) >= 11 is 0. The number of nitrogens with two attached hydrogens (primary N) is 1. The molecule has 0 radical (unpaired) electrons. The summed E-state index contributed by atoms with van der Waals surface area (Å²) < 4.78 is 0.